The summed E-state index contributed by atoms with van der Waals surface area (Å²) in [5, 5.41) is 2.95. The highest BCUT2D eigenvalue weighted by atomic mass is 16.1. The summed E-state index contributed by atoms with van der Waals surface area (Å²) in [6, 6.07) is 0. The minimum Gasteiger partial charge on any atom is -0.356 e. The van der Waals surface area contributed by atoms with E-state index >= 15 is 0 Å². The summed E-state index contributed by atoms with van der Waals surface area (Å²) in [5.41, 5.74) is 0.378. The van der Waals surface area contributed by atoms with Crippen LogP contribution in [0.2, 0.25) is 0 Å². The molecule has 0 aromatic carbocycles. The highest BCUT2D eigenvalue weighted by Crippen LogP contribution is 2.19. The minimum atomic E-state index is 0.189. The third kappa shape index (κ3) is 9.56. The second-order valence-corrected chi connectivity index (χ2v) is 5.61. The van der Waals surface area contributed by atoms with E-state index in [0.717, 1.165) is 19.4 Å². The molecule has 0 spiro atoms. The summed E-state index contributed by atoms with van der Waals surface area (Å²) >= 11 is 0. The van der Waals surface area contributed by atoms with Gasteiger partial charge in [0.15, 0.2) is 0 Å². The average molecular weight is 199 g/mol. The minimum absolute atomic E-state index is 0.189. The van der Waals surface area contributed by atoms with Gasteiger partial charge in [-0.2, -0.15) is 0 Å². The first kappa shape index (κ1) is 13.5. The molecule has 84 valence electrons. The van der Waals surface area contributed by atoms with E-state index in [0.29, 0.717) is 17.8 Å². The van der Waals surface area contributed by atoms with Crippen molar-refractivity contribution in [3.8, 4) is 0 Å². The largest absolute Gasteiger partial charge is 0.356 e. The lowest BCUT2D eigenvalue weighted by molar-refractivity contribution is -0.121. The van der Waals surface area contributed by atoms with Crippen LogP contribution in [0.5, 0.6) is 0 Å². The van der Waals surface area contributed by atoms with Gasteiger partial charge in [-0.05, 0) is 24.2 Å². The summed E-state index contributed by atoms with van der Waals surface area (Å²) in [6.07, 6.45) is 2.89. The Hall–Kier alpha value is -0.530. The third-order valence-electron chi connectivity index (χ3n) is 2.02. The van der Waals surface area contributed by atoms with E-state index < -0.39 is 0 Å². The van der Waals surface area contributed by atoms with Crippen molar-refractivity contribution in [2.75, 3.05) is 6.54 Å². The number of nitrogens with one attached hydrogen (secondary N) is 1. The van der Waals surface area contributed by atoms with Crippen LogP contribution in [0.15, 0.2) is 0 Å². The van der Waals surface area contributed by atoms with Crippen molar-refractivity contribution in [2.45, 2.75) is 53.9 Å². The molecule has 0 aliphatic carbocycles. The Labute approximate surface area is 88.5 Å². The number of carbonyl (C=O) groups excluding carboxylic acids is 1. The van der Waals surface area contributed by atoms with Crippen molar-refractivity contribution in [2.24, 2.45) is 11.3 Å². The Morgan fingerprint density at radius 3 is 2.29 bits per heavy atom. The van der Waals surface area contributed by atoms with E-state index in [-0.39, 0.29) is 5.91 Å². The van der Waals surface area contributed by atoms with Crippen LogP contribution in [0, 0.1) is 11.3 Å². The number of amides is 1. The van der Waals surface area contributed by atoms with Crippen LogP contribution in [0.25, 0.3) is 0 Å². The summed E-state index contributed by atoms with van der Waals surface area (Å²) in [7, 11) is 0. The normalized spacial score (nSPS) is 11.9. The first-order chi connectivity index (χ1) is 6.31. The topological polar surface area (TPSA) is 29.1 Å². The number of hydrogen-bond acceptors (Lipinski definition) is 1. The molecule has 0 unspecified atom stereocenters. The first-order valence-electron chi connectivity index (χ1n) is 5.58. The molecule has 1 amide bonds. The lowest BCUT2D eigenvalue weighted by Gasteiger charge is -2.17. The maximum Gasteiger partial charge on any atom is 0.220 e. The molecule has 0 atom stereocenters. The molecule has 0 fully saturated rings. The molecular formula is C12H25NO. The Kier molecular flexibility index (Phi) is 5.82. The molecule has 2 heteroatoms. The SMILES string of the molecule is CC(C)CC(=O)NCCCC(C)(C)C. The Morgan fingerprint density at radius 1 is 1.29 bits per heavy atom. The molecule has 0 aliphatic heterocycles. The van der Waals surface area contributed by atoms with E-state index in [1.165, 1.54) is 0 Å². The van der Waals surface area contributed by atoms with E-state index in [2.05, 4.69) is 39.9 Å². The Balaban J connectivity index is 3.41. The maximum atomic E-state index is 11.3. The smallest absolute Gasteiger partial charge is 0.220 e. The van der Waals surface area contributed by atoms with Gasteiger partial charge in [0.2, 0.25) is 5.91 Å². The molecule has 0 aromatic heterocycles. The number of rotatable bonds is 5. The fraction of sp³-hybridized carbons (Fsp3) is 0.917. The molecule has 0 saturated carbocycles. The van der Waals surface area contributed by atoms with Crippen LogP contribution in [-0.2, 0) is 4.79 Å². The zero-order valence-electron chi connectivity index (χ0n) is 10.3. The van der Waals surface area contributed by atoms with E-state index in [1.54, 1.807) is 0 Å². The fourth-order valence-corrected chi connectivity index (χ4v) is 1.29. The Morgan fingerprint density at radius 2 is 1.86 bits per heavy atom. The Bertz CT molecular complexity index is 168. The van der Waals surface area contributed by atoms with Crippen molar-refractivity contribution in [1.82, 2.24) is 5.32 Å². The zero-order valence-corrected chi connectivity index (χ0v) is 10.3. The van der Waals surface area contributed by atoms with Gasteiger partial charge in [-0.25, -0.2) is 0 Å². The van der Waals surface area contributed by atoms with Crippen LogP contribution in [-0.4, -0.2) is 12.5 Å². The van der Waals surface area contributed by atoms with Crippen LogP contribution < -0.4 is 5.32 Å². The highest BCUT2D eigenvalue weighted by molar-refractivity contribution is 5.75. The number of carbonyl (C=O) groups is 1. The van der Waals surface area contributed by atoms with Crippen LogP contribution in [0.1, 0.15) is 53.9 Å². The fourth-order valence-electron chi connectivity index (χ4n) is 1.29. The van der Waals surface area contributed by atoms with Gasteiger partial charge in [0.1, 0.15) is 0 Å². The summed E-state index contributed by atoms with van der Waals surface area (Å²) in [4.78, 5) is 11.3. The summed E-state index contributed by atoms with van der Waals surface area (Å²) in [5.74, 6) is 0.645. The van der Waals surface area contributed by atoms with Gasteiger partial charge < -0.3 is 5.32 Å². The lowest BCUT2D eigenvalue weighted by Crippen LogP contribution is -2.26. The van der Waals surface area contributed by atoms with Gasteiger partial charge in [0.05, 0.1) is 0 Å². The van der Waals surface area contributed by atoms with Crippen LogP contribution in [0.4, 0.5) is 0 Å². The molecule has 0 aliphatic rings. The number of hydrogen-bond donors (Lipinski definition) is 1. The van der Waals surface area contributed by atoms with Crippen molar-refractivity contribution < 1.29 is 4.79 Å². The molecule has 0 radical (unpaired) electrons. The van der Waals surface area contributed by atoms with Crippen molar-refractivity contribution in [1.29, 1.82) is 0 Å². The van der Waals surface area contributed by atoms with Gasteiger partial charge in [-0.1, -0.05) is 34.6 Å². The molecule has 0 aromatic rings. The van der Waals surface area contributed by atoms with E-state index in [9.17, 15) is 4.79 Å². The second-order valence-electron chi connectivity index (χ2n) is 5.61. The van der Waals surface area contributed by atoms with Gasteiger partial charge >= 0.3 is 0 Å². The molecule has 1 N–H and O–H groups in total. The second kappa shape index (κ2) is 6.05. The standard InChI is InChI=1S/C12H25NO/c1-10(2)9-11(14)13-8-6-7-12(3,4)5/h10H,6-9H2,1-5H3,(H,13,14). The van der Waals surface area contributed by atoms with Gasteiger partial charge in [-0.3, -0.25) is 4.79 Å². The van der Waals surface area contributed by atoms with Crippen molar-refractivity contribution >= 4 is 5.91 Å². The van der Waals surface area contributed by atoms with Gasteiger partial charge in [0.25, 0.3) is 0 Å². The molecule has 0 bridgehead atoms. The highest BCUT2D eigenvalue weighted by Gasteiger charge is 2.09. The molecule has 0 heterocycles. The molecule has 0 rings (SSSR count). The molecular weight excluding hydrogens is 174 g/mol. The monoisotopic (exact) mass is 199 g/mol. The molecule has 0 saturated heterocycles. The van der Waals surface area contributed by atoms with E-state index in [1.807, 2.05) is 0 Å². The third-order valence-corrected chi connectivity index (χ3v) is 2.02. The van der Waals surface area contributed by atoms with Gasteiger partial charge in [-0.15, -0.1) is 0 Å². The summed E-state index contributed by atoms with van der Waals surface area (Å²) in [6.45, 7) is 11.6. The first-order valence-corrected chi connectivity index (χ1v) is 5.58. The predicted molar refractivity (Wildman–Crippen MR) is 61.2 cm³/mol. The van der Waals surface area contributed by atoms with Gasteiger partial charge in [0, 0.05) is 13.0 Å². The molecule has 14 heavy (non-hydrogen) atoms. The van der Waals surface area contributed by atoms with E-state index in [4.69, 9.17) is 0 Å². The maximum absolute atomic E-state index is 11.3. The van der Waals surface area contributed by atoms with Crippen LogP contribution in [0.3, 0.4) is 0 Å². The van der Waals surface area contributed by atoms with Crippen molar-refractivity contribution in [3.05, 3.63) is 0 Å². The zero-order chi connectivity index (χ0) is 11.2. The quantitative estimate of drug-likeness (QED) is 0.678. The van der Waals surface area contributed by atoms with Crippen molar-refractivity contribution in [3.63, 3.8) is 0 Å². The average Bonchev–Trinajstić information content (AvgIpc) is 1.95. The lowest BCUT2D eigenvalue weighted by atomic mass is 9.91. The summed E-state index contributed by atoms with van der Waals surface area (Å²) < 4.78 is 0. The predicted octanol–water partition coefficient (Wildman–Crippen LogP) is 2.98. The van der Waals surface area contributed by atoms with Crippen LogP contribution >= 0.6 is 0 Å². The molecule has 2 nitrogen and oxygen atoms in total.